The lowest BCUT2D eigenvalue weighted by molar-refractivity contribution is -0.128. The third-order valence-electron chi connectivity index (χ3n) is 4.76. The Bertz CT molecular complexity index is 927. The summed E-state index contributed by atoms with van der Waals surface area (Å²) in [5, 5.41) is 26.9. The molecule has 0 unspecified atom stereocenters. The van der Waals surface area contributed by atoms with Crippen LogP contribution >= 0.6 is 11.3 Å². The molecule has 1 aliphatic rings. The Kier molecular flexibility index (Phi) is 4.65. The molecule has 3 rings (SSSR count). The number of aliphatic hydroxyl groups is 1. The summed E-state index contributed by atoms with van der Waals surface area (Å²) in [5.41, 5.74) is 0.839. The number of hydrogen-bond acceptors (Lipinski definition) is 5. The van der Waals surface area contributed by atoms with E-state index in [2.05, 4.69) is 0 Å². The van der Waals surface area contributed by atoms with Crippen LogP contribution in [0.4, 0.5) is 4.39 Å². The number of nitrogens with zero attached hydrogens (tertiary/aromatic N) is 2. The fourth-order valence-corrected chi connectivity index (χ4v) is 4.41. The van der Waals surface area contributed by atoms with Crippen molar-refractivity contribution in [3.63, 3.8) is 0 Å². The van der Waals surface area contributed by atoms with Gasteiger partial charge in [0.1, 0.15) is 11.7 Å². The Morgan fingerprint density at radius 1 is 1.38 bits per heavy atom. The van der Waals surface area contributed by atoms with Crippen molar-refractivity contribution < 1.29 is 14.3 Å². The molecule has 2 N–H and O–H groups in total. The highest BCUT2D eigenvalue weighted by atomic mass is 32.1. The second-order valence-electron chi connectivity index (χ2n) is 6.76. The lowest BCUT2D eigenvalue weighted by atomic mass is 9.78. The van der Waals surface area contributed by atoms with Crippen LogP contribution in [-0.4, -0.2) is 28.8 Å². The van der Waals surface area contributed by atoms with E-state index in [1.165, 1.54) is 22.3 Å². The van der Waals surface area contributed by atoms with Crippen LogP contribution in [0.5, 0.6) is 0 Å². The van der Waals surface area contributed by atoms with E-state index < -0.39 is 11.2 Å². The van der Waals surface area contributed by atoms with Gasteiger partial charge in [0.05, 0.1) is 18.2 Å². The molecule has 5 nitrogen and oxygen atoms in total. The molecule has 0 bridgehead atoms. The highest BCUT2D eigenvalue weighted by Gasteiger charge is 2.40. The molecule has 1 aliphatic heterocycles. The summed E-state index contributed by atoms with van der Waals surface area (Å²) < 4.78 is 13.8. The topological polar surface area (TPSA) is 88.2 Å². The predicted octanol–water partition coefficient (Wildman–Crippen LogP) is 3.41. The SMILES string of the molecule is CN1C(=N)C[C@](C)(c2cc(-c3cc(F)cc(C#N)c3)c(CO)s2)CC1=O. The molecule has 1 atom stereocenters. The number of nitrogens with one attached hydrogen (secondary N) is 1. The summed E-state index contributed by atoms with van der Waals surface area (Å²) >= 11 is 1.36. The van der Waals surface area contributed by atoms with Crippen LogP contribution in [0.25, 0.3) is 11.1 Å². The summed E-state index contributed by atoms with van der Waals surface area (Å²) in [7, 11) is 1.60. The lowest BCUT2D eigenvalue weighted by Gasteiger charge is -2.36. The predicted molar refractivity (Wildman–Crippen MR) is 97.4 cm³/mol. The van der Waals surface area contributed by atoms with Crippen molar-refractivity contribution in [1.82, 2.24) is 4.90 Å². The van der Waals surface area contributed by atoms with Crippen molar-refractivity contribution in [1.29, 1.82) is 10.7 Å². The maximum Gasteiger partial charge on any atom is 0.228 e. The van der Waals surface area contributed by atoms with Crippen LogP contribution in [0.1, 0.15) is 35.1 Å². The van der Waals surface area contributed by atoms with E-state index >= 15 is 0 Å². The van der Waals surface area contributed by atoms with E-state index in [9.17, 15) is 14.3 Å². The molecule has 2 aromatic rings. The Morgan fingerprint density at radius 2 is 2.12 bits per heavy atom. The van der Waals surface area contributed by atoms with Crippen LogP contribution in [0.2, 0.25) is 0 Å². The molecule has 134 valence electrons. The van der Waals surface area contributed by atoms with Gasteiger partial charge in [-0.05, 0) is 35.4 Å². The van der Waals surface area contributed by atoms with Gasteiger partial charge >= 0.3 is 0 Å². The second kappa shape index (κ2) is 6.63. The average molecular weight is 371 g/mol. The molecule has 0 aliphatic carbocycles. The smallest absolute Gasteiger partial charge is 0.228 e. The highest BCUT2D eigenvalue weighted by Crippen LogP contribution is 2.43. The van der Waals surface area contributed by atoms with Gasteiger partial charge in [-0.1, -0.05) is 6.92 Å². The number of amidine groups is 1. The quantitative estimate of drug-likeness (QED) is 0.867. The summed E-state index contributed by atoms with van der Waals surface area (Å²) in [6.45, 7) is 1.70. The molecule has 2 heterocycles. The maximum atomic E-state index is 13.8. The minimum absolute atomic E-state index is 0.123. The van der Waals surface area contributed by atoms with Gasteiger partial charge in [0.2, 0.25) is 5.91 Å². The van der Waals surface area contributed by atoms with E-state index in [1.54, 1.807) is 13.1 Å². The molecule has 0 spiro atoms. The minimum atomic E-state index is -0.543. The molecular formula is C19H18FN3O2S. The summed E-state index contributed by atoms with van der Waals surface area (Å²) in [5.74, 6) is -0.387. The summed E-state index contributed by atoms with van der Waals surface area (Å²) in [4.78, 5) is 15.1. The fourth-order valence-electron chi connectivity index (χ4n) is 3.23. The van der Waals surface area contributed by atoms with Gasteiger partial charge in [-0.3, -0.25) is 10.2 Å². The molecule has 1 aromatic carbocycles. The molecule has 1 saturated heterocycles. The number of carbonyl (C=O) groups is 1. The van der Waals surface area contributed by atoms with Crippen LogP contribution < -0.4 is 0 Å². The number of piperidine rings is 1. The van der Waals surface area contributed by atoms with Gasteiger partial charge in [0, 0.05) is 35.1 Å². The zero-order valence-electron chi connectivity index (χ0n) is 14.5. The van der Waals surface area contributed by atoms with E-state index in [-0.39, 0.29) is 30.3 Å². The third kappa shape index (κ3) is 3.14. The standard InChI is InChI=1S/C19H18FN3O2S/c1-19(7-17(22)23(2)18(25)8-19)16-6-14(15(10-24)26-16)12-3-11(9-21)4-13(20)5-12/h3-6,22,24H,7-8,10H2,1-2H3/t19-/m0/s1. The first kappa shape index (κ1) is 18.2. The third-order valence-corrected chi connectivity index (χ3v) is 6.19. The number of benzene rings is 1. The number of carbonyl (C=O) groups excluding carboxylic acids is 1. The first-order valence-electron chi connectivity index (χ1n) is 8.06. The van der Waals surface area contributed by atoms with E-state index in [0.717, 1.165) is 10.9 Å². The number of thiophene rings is 1. The summed E-state index contributed by atoms with van der Waals surface area (Å²) in [6, 6.07) is 7.85. The summed E-state index contributed by atoms with van der Waals surface area (Å²) in [6.07, 6.45) is 0.677. The van der Waals surface area contributed by atoms with E-state index in [4.69, 9.17) is 10.7 Å². The van der Waals surface area contributed by atoms with Crippen molar-refractivity contribution in [2.24, 2.45) is 0 Å². The van der Waals surface area contributed by atoms with Crippen LogP contribution in [-0.2, 0) is 16.8 Å². The lowest BCUT2D eigenvalue weighted by Crippen LogP contribution is -2.46. The molecule has 0 radical (unpaired) electrons. The van der Waals surface area contributed by atoms with E-state index in [0.29, 0.717) is 22.4 Å². The number of nitriles is 1. The Hall–Kier alpha value is -2.56. The molecule has 1 aromatic heterocycles. The van der Waals surface area contributed by atoms with Crippen LogP contribution in [0.15, 0.2) is 24.3 Å². The van der Waals surface area contributed by atoms with Crippen LogP contribution in [0.3, 0.4) is 0 Å². The largest absolute Gasteiger partial charge is 0.391 e. The van der Waals surface area contributed by atoms with Gasteiger partial charge in [-0.2, -0.15) is 5.26 Å². The van der Waals surface area contributed by atoms with Gasteiger partial charge in [-0.25, -0.2) is 4.39 Å². The Balaban J connectivity index is 2.08. The minimum Gasteiger partial charge on any atom is -0.391 e. The number of hydrogen-bond donors (Lipinski definition) is 2. The first-order valence-corrected chi connectivity index (χ1v) is 8.88. The second-order valence-corrected chi connectivity index (χ2v) is 7.90. The van der Waals surface area contributed by atoms with Gasteiger partial charge < -0.3 is 10.0 Å². The Labute approximate surface area is 154 Å². The van der Waals surface area contributed by atoms with Gasteiger partial charge in [-0.15, -0.1) is 11.3 Å². The molecular weight excluding hydrogens is 353 g/mol. The van der Waals surface area contributed by atoms with Crippen molar-refractivity contribution >= 4 is 23.1 Å². The zero-order chi connectivity index (χ0) is 19.1. The van der Waals surface area contributed by atoms with Crippen molar-refractivity contribution in [3.05, 3.63) is 45.4 Å². The first-order chi connectivity index (χ1) is 12.3. The molecule has 7 heteroatoms. The fraction of sp³-hybridized carbons (Fsp3) is 0.316. The van der Waals surface area contributed by atoms with Crippen LogP contribution in [0, 0.1) is 22.6 Å². The molecule has 26 heavy (non-hydrogen) atoms. The Morgan fingerprint density at radius 3 is 2.73 bits per heavy atom. The number of halogens is 1. The zero-order valence-corrected chi connectivity index (χ0v) is 15.3. The van der Waals surface area contributed by atoms with Gasteiger partial charge in [0.25, 0.3) is 0 Å². The average Bonchev–Trinajstić information content (AvgIpc) is 3.04. The molecule has 1 fully saturated rings. The number of rotatable bonds is 3. The highest BCUT2D eigenvalue weighted by molar-refractivity contribution is 7.12. The van der Waals surface area contributed by atoms with E-state index in [1.807, 2.05) is 19.1 Å². The monoisotopic (exact) mass is 371 g/mol. The van der Waals surface area contributed by atoms with Crippen molar-refractivity contribution in [2.45, 2.75) is 31.8 Å². The number of likely N-dealkylation sites (tertiary alicyclic amines) is 1. The normalized spacial score (nSPS) is 20.3. The number of amides is 1. The molecule has 0 saturated carbocycles. The molecule has 1 amide bonds. The van der Waals surface area contributed by atoms with Gasteiger partial charge in [0.15, 0.2) is 0 Å². The maximum absolute atomic E-state index is 13.8. The van der Waals surface area contributed by atoms with Crippen molar-refractivity contribution in [2.75, 3.05) is 7.05 Å². The van der Waals surface area contributed by atoms with Crippen molar-refractivity contribution in [3.8, 4) is 17.2 Å². The number of aliphatic hydroxyl groups excluding tert-OH is 1.